The van der Waals surface area contributed by atoms with Crippen molar-refractivity contribution in [2.45, 2.75) is 25.1 Å². The quantitative estimate of drug-likeness (QED) is 0.683. The fraction of sp³-hybridized carbons (Fsp3) is 0.600. The molecule has 10 heteroatoms. The Labute approximate surface area is 115 Å². The number of carboxylic acids is 1. The molecule has 0 aliphatic carbocycles. The standard InChI is InChI=1S/C10H16N4O5S/c1-10(2,20(3,18)19)6-11-8(15)5-14-4-7(9(16)17)12-13-14/h4H,5-6H2,1-3H3,(H,11,15)(H,16,17). The molecule has 0 saturated heterocycles. The number of carbonyl (C=O) groups excluding carboxylic acids is 1. The Kier molecular flexibility index (Phi) is 4.48. The summed E-state index contributed by atoms with van der Waals surface area (Å²) in [5.74, 6) is -1.72. The molecule has 1 rings (SSSR count). The molecule has 0 aliphatic heterocycles. The van der Waals surface area contributed by atoms with Crippen molar-refractivity contribution in [2.75, 3.05) is 12.8 Å². The van der Waals surface area contributed by atoms with Gasteiger partial charge in [-0.15, -0.1) is 5.10 Å². The third kappa shape index (κ3) is 4.02. The van der Waals surface area contributed by atoms with Gasteiger partial charge >= 0.3 is 5.97 Å². The summed E-state index contributed by atoms with van der Waals surface area (Å²) in [5, 5.41) is 17.9. The third-order valence-electron chi connectivity index (χ3n) is 2.78. The summed E-state index contributed by atoms with van der Waals surface area (Å²) in [4.78, 5) is 22.2. The molecular weight excluding hydrogens is 288 g/mol. The first-order valence-corrected chi connectivity index (χ1v) is 7.52. The average Bonchev–Trinajstić information content (AvgIpc) is 2.73. The van der Waals surface area contributed by atoms with E-state index in [1.807, 2.05) is 0 Å². The zero-order chi connectivity index (χ0) is 15.6. The Bertz CT molecular complexity index is 619. The molecule has 0 fully saturated rings. The number of aromatic nitrogens is 3. The average molecular weight is 304 g/mol. The van der Waals surface area contributed by atoms with Gasteiger partial charge in [0.1, 0.15) is 6.54 Å². The molecule has 20 heavy (non-hydrogen) atoms. The van der Waals surface area contributed by atoms with Crippen LogP contribution in [0.3, 0.4) is 0 Å². The highest BCUT2D eigenvalue weighted by Crippen LogP contribution is 2.13. The highest BCUT2D eigenvalue weighted by atomic mass is 32.2. The molecule has 0 spiro atoms. The van der Waals surface area contributed by atoms with E-state index in [9.17, 15) is 18.0 Å². The van der Waals surface area contributed by atoms with E-state index in [-0.39, 0.29) is 18.8 Å². The lowest BCUT2D eigenvalue weighted by Crippen LogP contribution is -2.44. The maximum atomic E-state index is 11.6. The van der Waals surface area contributed by atoms with Gasteiger partial charge in [0.05, 0.1) is 10.9 Å². The Morgan fingerprint density at radius 3 is 2.50 bits per heavy atom. The molecule has 0 atom stereocenters. The smallest absolute Gasteiger partial charge is 0.358 e. The monoisotopic (exact) mass is 304 g/mol. The fourth-order valence-electron chi connectivity index (χ4n) is 1.12. The van der Waals surface area contributed by atoms with Crippen LogP contribution in [0.4, 0.5) is 0 Å². The highest BCUT2D eigenvalue weighted by molar-refractivity contribution is 7.92. The number of hydrogen-bond donors (Lipinski definition) is 2. The van der Waals surface area contributed by atoms with E-state index in [4.69, 9.17) is 5.11 Å². The van der Waals surface area contributed by atoms with Gasteiger partial charge in [-0.2, -0.15) is 0 Å². The summed E-state index contributed by atoms with van der Waals surface area (Å²) in [7, 11) is -3.31. The van der Waals surface area contributed by atoms with Crippen molar-refractivity contribution in [3.63, 3.8) is 0 Å². The molecule has 0 unspecified atom stereocenters. The predicted molar refractivity (Wildman–Crippen MR) is 68.9 cm³/mol. The Balaban J connectivity index is 2.58. The van der Waals surface area contributed by atoms with Gasteiger partial charge in [-0.05, 0) is 13.8 Å². The van der Waals surface area contributed by atoms with Crippen LogP contribution in [0, 0.1) is 0 Å². The maximum absolute atomic E-state index is 11.6. The van der Waals surface area contributed by atoms with Crippen molar-refractivity contribution in [2.24, 2.45) is 0 Å². The van der Waals surface area contributed by atoms with Crippen molar-refractivity contribution < 1.29 is 23.1 Å². The van der Waals surface area contributed by atoms with Gasteiger partial charge in [0.15, 0.2) is 15.5 Å². The lowest BCUT2D eigenvalue weighted by atomic mass is 10.2. The van der Waals surface area contributed by atoms with Gasteiger partial charge in [0.25, 0.3) is 0 Å². The minimum absolute atomic E-state index is 0.0504. The Hall–Kier alpha value is -1.97. The molecule has 0 saturated carbocycles. The summed E-state index contributed by atoms with van der Waals surface area (Å²) in [5.41, 5.74) is -0.269. The lowest BCUT2D eigenvalue weighted by Gasteiger charge is -2.22. The van der Waals surface area contributed by atoms with Crippen molar-refractivity contribution >= 4 is 21.7 Å². The number of hydrogen-bond acceptors (Lipinski definition) is 6. The highest BCUT2D eigenvalue weighted by Gasteiger charge is 2.30. The first kappa shape index (κ1) is 16.1. The first-order chi connectivity index (χ1) is 9.03. The molecule has 1 aromatic heterocycles. The van der Waals surface area contributed by atoms with Crippen LogP contribution < -0.4 is 5.32 Å². The number of amides is 1. The lowest BCUT2D eigenvalue weighted by molar-refractivity contribution is -0.121. The number of carboxylic acid groups (broad SMARTS) is 1. The van der Waals surface area contributed by atoms with Crippen LogP contribution in [-0.4, -0.2) is 57.9 Å². The van der Waals surface area contributed by atoms with Crippen LogP contribution in [-0.2, 0) is 21.2 Å². The summed E-state index contributed by atoms with van der Waals surface area (Å²) in [6.07, 6.45) is 2.21. The largest absolute Gasteiger partial charge is 0.476 e. The number of rotatable bonds is 6. The molecular formula is C10H16N4O5S. The molecule has 1 aromatic rings. The molecule has 0 aromatic carbocycles. The summed E-state index contributed by atoms with van der Waals surface area (Å²) in [6, 6.07) is 0. The maximum Gasteiger partial charge on any atom is 0.358 e. The number of aromatic carboxylic acids is 1. The number of carbonyl (C=O) groups is 2. The first-order valence-electron chi connectivity index (χ1n) is 5.62. The van der Waals surface area contributed by atoms with Crippen LogP contribution in [0.5, 0.6) is 0 Å². The molecule has 1 heterocycles. The second-order valence-corrected chi connectivity index (χ2v) is 7.56. The van der Waals surface area contributed by atoms with E-state index >= 15 is 0 Å². The van der Waals surface area contributed by atoms with Crippen molar-refractivity contribution in [1.29, 1.82) is 0 Å². The number of sulfone groups is 1. The van der Waals surface area contributed by atoms with Crippen LogP contribution in [0.2, 0.25) is 0 Å². The van der Waals surface area contributed by atoms with E-state index in [0.717, 1.165) is 17.1 Å². The van der Waals surface area contributed by atoms with Crippen LogP contribution in [0.15, 0.2) is 6.20 Å². The molecule has 1 amide bonds. The van der Waals surface area contributed by atoms with Crippen molar-refractivity contribution in [1.82, 2.24) is 20.3 Å². The fourth-order valence-corrected chi connectivity index (χ4v) is 1.45. The zero-order valence-corrected chi connectivity index (χ0v) is 12.1. The van der Waals surface area contributed by atoms with E-state index in [0.29, 0.717) is 0 Å². The molecule has 0 radical (unpaired) electrons. The van der Waals surface area contributed by atoms with Gasteiger partial charge < -0.3 is 10.4 Å². The number of nitrogens with one attached hydrogen (secondary N) is 1. The van der Waals surface area contributed by atoms with Crippen molar-refractivity contribution in [3.8, 4) is 0 Å². The van der Waals surface area contributed by atoms with Gasteiger partial charge in [0.2, 0.25) is 5.91 Å². The SMILES string of the molecule is CC(C)(CNC(=O)Cn1cc(C(=O)O)nn1)S(C)(=O)=O. The number of nitrogens with zero attached hydrogens (tertiary/aromatic N) is 3. The summed E-state index contributed by atoms with van der Waals surface area (Å²) >= 11 is 0. The predicted octanol–water partition coefficient (Wildman–Crippen LogP) is -1.08. The van der Waals surface area contributed by atoms with E-state index < -0.39 is 26.5 Å². The molecule has 0 bridgehead atoms. The van der Waals surface area contributed by atoms with E-state index in [1.165, 1.54) is 13.8 Å². The summed E-state index contributed by atoms with van der Waals surface area (Å²) in [6.45, 7) is 2.71. The van der Waals surface area contributed by atoms with Crippen LogP contribution in [0.1, 0.15) is 24.3 Å². The summed E-state index contributed by atoms with van der Waals surface area (Å²) < 4.78 is 22.9. The topological polar surface area (TPSA) is 131 Å². The molecule has 112 valence electrons. The molecule has 0 aliphatic rings. The minimum Gasteiger partial charge on any atom is -0.476 e. The molecule has 9 nitrogen and oxygen atoms in total. The van der Waals surface area contributed by atoms with Crippen LogP contribution in [0.25, 0.3) is 0 Å². The Morgan fingerprint density at radius 2 is 2.05 bits per heavy atom. The van der Waals surface area contributed by atoms with Gasteiger partial charge in [-0.1, -0.05) is 5.21 Å². The Morgan fingerprint density at radius 1 is 1.45 bits per heavy atom. The molecule has 2 N–H and O–H groups in total. The van der Waals surface area contributed by atoms with E-state index in [2.05, 4.69) is 15.6 Å². The zero-order valence-electron chi connectivity index (χ0n) is 11.3. The van der Waals surface area contributed by atoms with Crippen molar-refractivity contribution in [3.05, 3.63) is 11.9 Å². The normalized spacial score (nSPS) is 12.2. The van der Waals surface area contributed by atoms with E-state index in [1.54, 1.807) is 0 Å². The third-order valence-corrected chi connectivity index (χ3v) is 4.93. The minimum atomic E-state index is -3.31. The van der Waals surface area contributed by atoms with Gasteiger partial charge in [0, 0.05) is 12.8 Å². The van der Waals surface area contributed by atoms with Gasteiger partial charge in [-0.25, -0.2) is 17.9 Å². The second kappa shape index (κ2) is 5.57. The second-order valence-electron chi connectivity index (χ2n) is 4.92. The van der Waals surface area contributed by atoms with Gasteiger partial charge in [-0.3, -0.25) is 4.79 Å². The van der Waals surface area contributed by atoms with Crippen LogP contribution >= 0.6 is 0 Å².